The summed E-state index contributed by atoms with van der Waals surface area (Å²) < 4.78 is 42.5. The number of rotatable bonds is 4. The normalized spacial score (nSPS) is 15.3. The average Bonchev–Trinajstić information content (AvgIpc) is 2.93. The molecule has 0 bridgehead atoms. The van der Waals surface area contributed by atoms with Crippen LogP contribution in [-0.4, -0.2) is 49.6 Å². The first-order valence-electron chi connectivity index (χ1n) is 8.90. The van der Waals surface area contributed by atoms with Crippen LogP contribution in [-0.2, 0) is 0 Å². The number of hydrogen-bond donors (Lipinski definition) is 0. The molecule has 150 valence electrons. The lowest BCUT2D eigenvalue weighted by atomic mass is 10.2. The third kappa shape index (κ3) is 5.34. The van der Waals surface area contributed by atoms with E-state index in [-0.39, 0.29) is 22.6 Å². The lowest BCUT2D eigenvalue weighted by Gasteiger charge is -2.24. The molecule has 1 aliphatic rings. The van der Waals surface area contributed by atoms with Crippen molar-refractivity contribution in [3.05, 3.63) is 54.1 Å². The highest BCUT2D eigenvalue weighted by Gasteiger charge is 2.29. The van der Waals surface area contributed by atoms with Gasteiger partial charge in [0.2, 0.25) is 0 Å². The SMILES string of the molecule is COc1ccc(N2CCCN(C(=O)c3ccc(SC(F)(F)F)cc3)CC2)cc1. The van der Waals surface area contributed by atoms with Gasteiger partial charge in [0.05, 0.1) is 7.11 Å². The Morgan fingerprint density at radius 2 is 1.64 bits per heavy atom. The first kappa shape index (κ1) is 20.4. The van der Waals surface area contributed by atoms with Gasteiger partial charge in [0.15, 0.2) is 0 Å². The summed E-state index contributed by atoms with van der Waals surface area (Å²) >= 11 is -0.180. The van der Waals surface area contributed by atoms with E-state index < -0.39 is 5.51 Å². The number of carbonyl (C=O) groups excluding carboxylic acids is 1. The van der Waals surface area contributed by atoms with E-state index in [1.165, 1.54) is 24.3 Å². The van der Waals surface area contributed by atoms with Gasteiger partial charge in [-0.15, -0.1) is 0 Å². The molecule has 0 saturated carbocycles. The van der Waals surface area contributed by atoms with Gasteiger partial charge in [-0.25, -0.2) is 0 Å². The third-order valence-electron chi connectivity index (χ3n) is 4.56. The van der Waals surface area contributed by atoms with Gasteiger partial charge in [0.25, 0.3) is 5.91 Å². The van der Waals surface area contributed by atoms with Crippen molar-refractivity contribution in [2.75, 3.05) is 38.2 Å². The highest BCUT2D eigenvalue weighted by Crippen LogP contribution is 2.36. The van der Waals surface area contributed by atoms with E-state index in [9.17, 15) is 18.0 Å². The summed E-state index contributed by atoms with van der Waals surface area (Å²) in [4.78, 5) is 16.8. The van der Waals surface area contributed by atoms with Crippen molar-refractivity contribution in [3.8, 4) is 5.75 Å². The molecule has 0 N–H and O–H groups in total. The van der Waals surface area contributed by atoms with Crippen molar-refractivity contribution in [2.24, 2.45) is 0 Å². The Labute approximate surface area is 166 Å². The van der Waals surface area contributed by atoms with Crippen LogP contribution in [0.5, 0.6) is 5.75 Å². The average molecular weight is 410 g/mol. The van der Waals surface area contributed by atoms with Crippen LogP contribution < -0.4 is 9.64 Å². The number of nitrogens with zero attached hydrogens (tertiary/aromatic N) is 2. The second kappa shape index (κ2) is 8.77. The van der Waals surface area contributed by atoms with Gasteiger partial charge in [-0.3, -0.25) is 4.79 Å². The number of halogens is 3. The molecule has 1 aliphatic heterocycles. The summed E-state index contributed by atoms with van der Waals surface area (Å²) in [5, 5.41) is 0. The van der Waals surface area contributed by atoms with E-state index in [4.69, 9.17) is 4.74 Å². The van der Waals surface area contributed by atoms with E-state index in [0.717, 1.165) is 24.4 Å². The number of alkyl halides is 3. The smallest absolute Gasteiger partial charge is 0.446 e. The van der Waals surface area contributed by atoms with Gasteiger partial charge in [0.1, 0.15) is 5.75 Å². The molecular formula is C20H21F3N2O2S. The quantitative estimate of drug-likeness (QED) is 0.687. The Bertz CT molecular complexity index is 795. The van der Waals surface area contributed by atoms with Gasteiger partial charge in [-0.1, -0.05) is 0 Å². The maximum Gasteiger partial charge on any atom is 0.446 e. The van der Waals surface area contributed by atoms with E-state index in [1.807, 2.05) is 24.3 Å². The van der Waals surface area contributed by atoms with Crippen LogP contribution in [0.2, 0.25) is 0 Å². The number of amides is 1. The van der Waals surface area contributed by atoms with Crippen molar-refractivity contribution < 1.29 is 22.7 Å². The fraction of sp³-hybridized carbons (Fsp3) is 0.350. The molecule has 3 rings (SSSR count). The van der Waals surface area contributed by atoms with Crippen LogP contribution in [0.4, 0.5) is 18.9 Å². The van der Waals surface area contributed by atoms with Crippen LogP contribution in [0.3, 0.4) is 0 Å². The molecule has 2 aromatic rings. The Morgan fingerprint density at radius 3 is 2.25 bits per heavy atom. The predicted octanol–water partition coefficient (Wildman–Crippen LogP) is 4.66. The van der Waals surface area contributed by atoms with Crippen molar-refractivity contribution in [1.29, 1.82) is 0 Å². The summed E-state index contributed by atoms with van der Waals surface area (Å²) in [6.07, 6.45) is 0.819. The van der Waals surface area contributed by atoms with Crippen molar-refractivity contribution in [2.45, 2.75) is 16.8 Å². The Morgan fingerprint density at radius 1 is 0.964 bits per heavy atom. The number of thioether (sulfide) groups is 1. The van der Waals surface area contributed by atoms with Crippen LogP contribution >= 0.6 is 11.8 Å². The maximum absolute atomic E-state index is 12.7. The second-order valence-electron chi connectivity index (χ2n) is 6.40. The molecule has 8 heteroatoms. The number of hydrogen-bond acceptors (Lipinski definition) is 4. The highest BCUT2D eigenvalue weighted by molar-refractivity contribution is 8.00. The summed E-state index contributed by atoms with van der Waals surface area (Å²) in [5.41, 5.74) is -2.85. The molecule has 1 saturated heterocycles. The topological polar surface area (TPSA) is 32.8 Å². The minimum atomic E-state index is -4.33. The van der Waals surface area contributed by atoms with Crippen LogP contribution in [0.15, 0.2) is 53.4 Å². The number of ether oxygens (including phenoxy) is 1. The second-order valence-corrected chi connectivity index (χ2v) is 7.54. The fourth-order valence-corrected chi connectivity index (χ4v) is 3.69. The Kier molecular flexibility index (Phi) is 6.39. The maximum atomic E-state index is 12.7. The van der Waals surface area contributed by atoms with E-state index >= 15 is 0 Å². The molecule has 0 aromatic heterocycles. The number of anilines is 1. The first-order chi connectivity index (χ1) is 13.4. The summed E-state index contributed by atoms with van der Waals surface area (Å²) in [6.45, 7) is 2.70. The molecular weight excluding hydrogens is 389 g/mol. The number of benzene rings is 2. The molecule has 2 aromatic carbocycles. The zero-order valence-corrected chi connectivity index (χ0v) is 16.2. The molecule has 0 spiro atoms. The monoisotopic (exact) mass is 410 g/mol. The van der Waals surface area contributed by atoms with Gasteiger partial charge < -0.3 is 14.5 Å². The summed E-state index contributed by atoms with van der Waals surface area (Å²) in [6, 6.07) is 13.4. The number of methoxy groups -OCH3 is 1. The zero-order valence-electron chi connectivity index (χ0n) is 15.4. The van der Waals surface area contributed by atoms with Gasteiger partial charge in [-0.05, 0) is 66.7 Å². The molecule has 28 heavy (non-hydrogen) atoms. The Hall–Kier alpha value is -2.35. The Balaban J connectivity index is 1.62. The van der Waals surface area contributed by atoms with Crippen molar-refractivity contribution >= 4 is 23.4 Å². The van der Waals surface area contributed by atoms with Crippen LogP contribution in [0, 0.1) is 0 Å². The van der Waals surface area contributed by atoms with E-state index in [2.05, 4.69) is 4.90 Å². The summed E-state index contributed by atoms with van der Waals surface area (Å²) in [7, 11) is 1.62. The van der Waals surface area contributed by atoms with Gasteiger partial charge >= 0.3 is 5.51 Å². The minimum Gasteiger partial charge on any atom is -0.497 e. The minimum absolute atomic E-state index is 0.0746. The van der Waals surface area contributed by atoms with Crippen LogP contribution in [0.25, 0.3) is 0 Å². The summed E-state index contributed by atoms with van der Waals surface area (Å²) in [5.74, 6) is 0.641. The molecule has 4 nitrogen and oxygen atoms in total. The molecule has 0 radical (unpaired) electrons. The van der Waals surface area contributed by atoms with E-state index in [1.54, 1.807) is 12.0 Å². The molecule has 0 atom stereocenters. The first-order valence-corrected chi connectivity index (χ1v) is 9.71. The molecule has 1 fully saturated rings. The fourth-order valence-electron chi connectivity index (χ4n) is 3.15. The lowest BCUT2D eigenvalue weighted by Crippen LogP contribution is -2.35. The molecule has 0 unspecified atom stereocenters. The van der Waals surface area contributed by atoms with Gasteiger partial charge in [0, 0.05) is 42.3 Å². The predicted molar refractivity (Wildman–Crippen MR) is 104 cm³/mol. The lowest BCUT2D eigenvalue weighted by molar-refractivity contribution is -0.0328. The third-order valence-corrected chi connectivity index (χ3v) is 5.29. The number of carbonyl (C=O) groups is 1. The molecule has 1 heterocycles. The van der Waals surface area contributed by atoms with Crippen molar-refractivity contribution in [3.63, 3.8) is 0 Å². The van der Waals surface area contributed by atoms with Crippen LogP contribution in [0.1, 0.15) is 16.8 Å². The highest BCUT2D eigenvalue weighted by atomic mass is 32.2. The van der Waals surface area contributed by atoms with E-state index in [0.29, 0.717) is 25.2 Å². The molecule has 1 amide bonds. The molecule has 0 aliphatic carbocycles. The zero-order chi connectivity index (χ0) is 20.1. The van der Waals surface area contributed by atoms with Crippen molar-refractivity contribution in [1.82, 2.24) is 4.90 Å². The van der Waals surface area contributed by atoms with Gasteiger partial charge in [-0.2, -0.15) is 13.2 Å². The largest absolute Gasteiger partial charge is 0.497 e. The standard InChI is InChI=1S/C20H21F3N2O2S/c1-27-17-7-5-16(6-8-17)24-11-2-12-25(14-13-24)19(26)15-3-9-18(10-4-15)28-20(21,22)23/h3-10H,2,11-14H2,1H3.